The molecule has 0 saturated heterocycles. The number of rotatable bonds is 9. The third-order valence-electron chi connectivity index (χ3n) is 3.69. The summed E-state index contributed by atoms with van der Waals surface area (Å²) in [7, 11) is 10.3. The van der Waals surface area contributed by atoms with Crippen molar-refractivity contribution in [1.29, 1.82) is 0 Å². The van der Waals surface area contributed by atoms with E-state index in [0.717, 1.165) is 31.7 Å². The van der Waals surface area contributed by atoms with Gasteiger partial charge < -0.3 is 14.5 Å². The average Bonchev–Trinajstić information content (AvgIpc) is 2.37. The first-order valence-corrected chi connectivity index (χ1v) is 7.90. The van der Waals surface area contributed by atoms with E-state index >= 15 is 0 Å². The Morgan fingerprint density at radius 2 is 1.29 bits per heavy atom. The SMILES string of the molecule is COc1c(CCCN(C)C)cc(C)cc1CCCN(C)C. The second-order valence-corrected chi connectivity index (χ2v) is 6.43. The molecule has 0 radical (unpaired) electrons. The van der Waals surface area contributed by atoms with E-state index in [1.165, 1.54) is 29.5 Å². The summed E-state index contributed by atoms with van der Waals surface area (Å²) in [6.07, 6.45) is 4.52. The van der Waals surface area contributed by atoms with Crippen LogP contribution in [0.4, 0.5) is 0 Å². The number of methoxy groups -OCH3 is 1. The van der Waals surface area contributed by atoms with Gasteiger partial charge >= 0.3 is 0 Å². The summed E-state index contributed by atoms with van der Waals surface area (Å²) >= 11 is 0. The Morgan fingerprint density at radius 1 is 0.857 bits per heavy atom. The van der Waals surface area contributed by atoms with Crippen molar-refractivity contribution in [1.82, 2.24) is 9.80 Å². The molecule has 0 aliphatic heterocycles. The zero-order chi connectivity index (χ0) is 15.8. The van der Waals surface area contributed by atoms with Crippen molar-refractivity contribution in [3.63, 3.8) is 0 Å². The zero-order valence-corrected chi connectivity index (χ0v) is 14.7. The van der Waals surface area contributed by atoms with Crippen molar-refractivity contribution >= 4 is 0 Å². The van der Waals surface area contributed by atoms with E-state index in [0.29, 0.717) is 0 Å². The maximum Gasteiger partial charge on any atom is 0.125 e. The van der Waals surface area contributed by atoms with Crippen LogP contribution in [0.3, 0.4) is 0 Å². The number of ether oxygens (including phenoxy) is 1. The van der Waals surface area contributed by atoms with Gasteiger partial charge in [-0.05, 0) is 85.0 Å². The highest BCUT2D eigenvalue weighted by Gasteiger charge is 2.10. The number of hydrogen-bond donors (Lipinski definition) is 0. The monoisotopic (exact) mass is 292 g/mol. The first kappa shape index (κ1) is 18.0. The second kappa shape index (κ2) is 9.06. The van der Waals surface area contributed by atoms with Gasteiger partial charge in [-0.3, -0.25) is 0 Å². The average molecular weight is 292 g/mol. The smallest absolute Gasteiger partial charge is 0.125 e. The van der Waals surface area contributed by atoms with Gasteiger partial charge in [-0.2, -0.15) is 0 Å². The van der Waals surface area contributed by atoms with Gasteiger partial charge in [0.2, 0.25) is 0 Å². The van der Waals surface area contributed by atoms with Gasteiger partial charge in [0, 0.05) is 0 Å². The second-order valence-electron chi connectivity index (χ2n) is 6.43. The van der Waals surface area contributed by atoms with Crippen molar-refractivity contribution in [2.75, 3.05) is 48.4 Å². The molecule has 3 heteroatoms. The zero-order valence-electron chi connectivity index (χ0n) is 14.7. The molecule has 0 bridgehead atoms. The van der Waals surface area contributed by atoms with Gasteiger partial charge in [0.05, 0.1) is 7.11 Å². The summed E-state index contributed by atoms with van der Waals surface area (Å²) in [5.74, 6) is 1.11. The lowest BCUT2D eigenvalue weighted by atomic mass is 9.98. The van der Waals surface area contributed by atoms with E-state index in [2.05, 4.69) is 57.0 Å². The molecule has 0 spiro atoms. The number of nitrogens with zero attached hydrogens (tertiary/aromatic N) is 2. The topological polar surface area (TPSA) is 15.7 Å². The van der Waals surface area contributed by atoms with Crippen molar-refractivity contribution < 1.29 is 4.74 Å². The molecule has 1 aromatic carbocycles. The molecule has 21 heavy (non-hydrogen) atoms. The Morgan fingerprint density at radius 3 is 1.62 bits per heavy atom. The summed E-state index contributed by atoms with van der Waals surface area (Å²) < 4.78 is 5.72. The minimum Gasteiger partial charge on any atom is -0.496 e. The molecule has 0 aromatic heterocycles. The van der Waals surface area contributed by atoms with E-state index in [4.69, 9.17) is 4.74 Å². The predicted molar refractivity (Wildman–Crippen MR) is 91.5 cm³/mol. The Labute approximate surface area is 130 Å². The van der Waals surface area contributed by atoms with Crippen LogP contribution in [0.2, 0.25) is 0 Å². The highest BCUT2D eigenvalue weighted by molar-refractivity contribution is 5.44. The van der Waals surface area contributed by atoms with Crippen LogP contribution in [0.15, 0.2) is 12.1 Å². The summed E-state index contributed by atoms with van der Waals surface area (Å²) in [6, 6.07) is 4.56. The van der Waals surface area contributed by atoms with E-state index in [1.807, 2.05) is 0 Å². The largest absolute Gasteiger partial charge is 0.496 e. The van der Waals surface area contributed by atoms with Gasteiger partial charge in [0.25, 0.3) is 0 Å². The highest BCUT2D eigenvalue weighted by Crippen LogP contribution is 2.28. The first-order valence-electron chi connectivity index (χ1n) is 7.90. The van der Waals surface area contributed by atoms with Gasteiger partial charge in [0.15, 0.2) is 0 Å². The number of benzene rings is 1. The quantitative estimate of drug-likeness (QED) is 0.696. The van der Waals surface area contributed by atoms with Crippen molar-refractivity contribution in [2.45, 2.75) is 32.6 Å². The van der Waals surface area contributed by atoms with Crippen LogP contribution in [0.5, 0.6) is 5.75 Å². The number of aryl methyl sites for hydroxylation is 3. The molecule has 0 atom stereocenters. The van der Waals surface area contributed by atoms with E-state index < -0.39 is 0 Å². The molecule has 0 saturated carbocycles. The third-order valence-corrected chi connectivity index (χ3v) is 3.69. The highest BCUT2D eigenvalue weighted by atomic mass is 16.5. The van der Waals surface area contributed by atoms with Crippen molar-refractivity contribution in [2.24, 2.45) is 0 Å². The minimum atomic E-state index is 1.09. The molecule has 1 aromatic rings. The van der Waals surface area contributed by atoms with Crippen LogP contribution in [0.25, 0.3) is 0 Å². The molecular weight excluding hydrogens is 260 g/mol. The van der Waals surface area contributed by atoms with E-state index in [1.54, 1.807) is 7.11 Å². The van der Waals surface area contributed by atoms with Crippen molar-refractivity contribution in [3.8, 4) is 5.75 Å². The van der Waals surface area contributed by atoms with Crippen LogP contribution >= 0.6 is 0 Å². The van der Waals surface area contributed by atoms with Crippen LogP contribution in [-0.4, -0.2) is 58.2 Å². The van der Waals surface area contributed by atoms with E-state index in [-0.39, 0.29) is 0 Å². The van der Waals surface area contributed by atoms with Gasteiger partial charge in [-0.25, -0.2) is 0 Å². The lowest BCUT2D eigenvalue weighted by Gasteiger charge is -2.17. The molecule has 0 fully saturated rings. The fraction of sp³-hybridized carbons (Fsp3) is 0.667. The first-order chi connectivity index (χ1) is 9.93. The molecule has 0 N–H and O–H groups in total. The maximum atomic E-state index is 5.72. The molecule has 0 aliphatic rings. The van der Waals surface area contributed by atoms with Gasteiger partial charge in [-0.1, -0.05) is 17.7 Å². The Kier molecular flexibility index (Phi) is 7.76. The molecule has 1 rings (SSSR count). The Balaban J connectivity index is 2.79. The fourth-order valence-corrected chi connectivity index (χ4v) is 2.73. The molecule has 0 amide bonds. The molecular formula is C18H32N2O. The molecule has 3 nitrogen and oxygen atoms in total. The molecule has 0 aliphatic carbocycles. The minimum absolute atomic E-state index is 1.09. The lowest BCUT2D eigenvalue weighted by Crippen LogP contribution is -2.14. The predicted octanol–water partition coefficient (Wildman–Crippen LogP) is 2.99. The Bertz CT molecular complexity index is 392. The summed E-state index contributed by atoms with van der Waals surface area (Å²) in [6.45, 7) is 4.42. The van der Waals surface area contributed by atoms with E-state index in [9.17, 15) is 0 Å². The normalized spacial score (nSPS) is 11.4. The maximum absolute atomic E-state index is 5.72. The number of hydrogen-bond acceptors (Lipinski definition) is 3. The van der Waals surface area contributed by atoms with Gasteiger partial charge in [-0.15, -0.1) is 0 Å². The van der Waals surface area contributed by atoms with Crippen LogP contribution in [-0.2, 0) is 12.8 Å². The Hall–Kier alpha value is -1.06. The molecule has 0 unspecified atom stereocenters. The summed E-state index contributed by atoms with van der Waals surface area (Å²) in [5, 5.41) is 0. The van der Waals surface area contributed by atoms with Crippen LogP contribution in [0.1, 0.15) is 29.5 Å². The lowest BCUT2D eigenvalue weighted by molar-refractivity contribution is 0.383. The van der Waals surface area contributed by atoms with Crippen LogP contribution < -0.4 is 4.74 Å². The summed E-state index contributed by atoms with van der Waals surface area (Å²) in [5.41, 5.74) is 4.06. The van der Waals surface area contributed by atoms with Crippen LogP contribution in [0, 0.1) is 6.92 Å². The summed E-state index contributed by atoms with van der Waals surface area (Å²) in [4.78, 5) is 4.47. The standard InChI is InChI=1S/C18H32N2O/c1-15-13-16(9-7-11-19(2)3)18(21-6)17(14-15)10-8-12-20(4)5/h13-14H,7-12H2,1-6H3. The fourth-order valence-electron chi connectivity index (χ4n) is 2.73. The molecule has 0 heterocycles. The van der Waals surface area contributed by atoms with Crippen molar-refractivity contribution in [3.05, 3.63) is 28.8 Å². The third kappa shape index (κ3) is 6.49. The van der Waals surface area contributed by atoms with Gasteiger partial charge in [0.1, 0.15) is 5.75 Å². The molecule has 120 valence electrons.